The van der Waals surface area contributed by atoms with E-state index in [9.17, 15) is 4.79 Å². The second-order valence-corrected chi connectivity index (χ2v) is 2.17. The SMILES string of the molecule is CC.CCC(COC)C(C)=O. The predicted molar refractivity (Wildman–Crippen MR) is 47.7 cm³/mol. The van der Waals surface area contributed by atoms with Gasteiger partial charge in [0.15, 0.2) is 0 Å². The van der Waals surface area contributed by atoms with Crippen molar-refractivity contribution in [2.24, 2.45) is 5.92 Å². The molecule has 0 N–H and O–H groups in total. The van der Waals surface area contributed by atoms with E-state index in [0.29, 0.717) is 6.61 Å². The molecule has 11 heavy (non-hydrogen) atoms. The van der Waals surface area contributed by atoms with Crippen molar-refractivity contribution in [2.45, 2.75) is 34.1 Å². The monoisotopic (exact) mass is 160 g/mol. The Hall–Kier alpha value is -0.370. The minimum absolute atomic E-state index is 0.106. The predicted octanol–water partition coefficient (Wildman–Crippen LogP) is 2.27. The van der Waals surface area contributed by atoms with Crippen LogP contribution in [0.4, 0.5) is 0 Å². The van der Waals surface area contributed by atoms with Gasteiger partial charge >= 0.3 is 0 Å². The molecule has 0 amide bonds. The molecule has 2 nitrogen and oxygen atoms in total. The summed E-state index contributed by atoms with van der Waals surface area (Å²) >= 11 is 0. The molecule has 0 aromatic carbocycles. The molecular weight excluding hydrogens is 140 g/mol. The number of carbonyl (C=O) groups excluding carboxylic acids is 1. The van der Waals surface area contributed by atoms with Gasteiger partial charge in [-0.1, -0.05) is 20.8 Å². The van der Waals surface area contributed by atoms with Crippen LogP contribution in [0.3, 0.4) is 0 Å². The molecule has 0 aromatic rings. The lowest BCUT2D eigenvalue weighted by atomic mass is 10.0. The van der Waals surface area contributed by atoms with E-state index in [1.165, 1.54) is 0 Å². The second-order valence-electron chi connectivity index (χ2n) is 2.17. The summed E-state index contributed by atoms with van der Waals surface area (Å²) in [6.45, 7) is 8.16. The molecule has 1 atom stereocenters. The lowest BCUT2D eigenvalue weighted by molar-refractivity contribution is -0.122. The van der Waals surface area contributed by atoms with Crippen LogP contribution in [0.25, 0.3) is 0 Å². The van der Waals surface area contributed by atoms with Crippen LogP contribution in [0.15, 0.2) is 0 Å². The fourth-order valence-corrected chi connectivity index (χ4v) is 0.724. The van der Waals surface area contributed by atoms with Crippen molar-refractivity contribution in [1.82, 2.24) is 0 Å². The Morgan fingerprint density at radius 2 is 1.91 bits per heavy atom. The number of hydrogen-bond donors (Lipinski definition) is 0. The van der Waals surface area contributed by atoms with E-state index in [0.717, 1.165) is 6.42 Å². The number of rotatable bonds is 4. The van der Waals surface area contributed by atoms with Crippen LogP contribution in [0.2, 0.25) is 0 Å². The first-order chi connectivity index (χ1) is 5.22. The zero-order valence-electron chi connectivity index (χ0n) is 8.31. The molecule has 0 aliphatic rings. The van der Waals surface area contributed by atoms with Crippen LogP contribution in [0.5, 0.6) is 0 Å². The van der Waals surface area contributed by atoms with Crippen LogP contribution in [-0.2, 0) is 9.53 Å². The molecule has 0 bridgehead atoms. The highest BCUT2D eigenvalue weighted by Gasteiger charge is 2.09. The van der Waals surface area contributed by atoms with Gasteiger partial charge in [-0.3, -0.25) is 4.79 Å². The Bertz CT molecular complexity index is 89.6. The molecule has 0 aliphatic carbocycles. The van der Waals surface area contributed by atoms with Gasteiger partial charge < -0.3 is 4.74 Å². The van der Waals surface area contributed by atoms with Gasteiger partial charge in [0.2, 0.25) is 0 Å². The fraction of sp³-hybridized carbons (Fsp3) is 0.889. The number of hydrogen-bond acceptors (Lipinski definition) is 2. The molecule has 68 valence electrons. The second kappa shape index (κ2) is 9.63. The smallest absolute Gasteiger partial charge is 0.135 e. The van der Waals surface area contributed by atoms with Crippen molar-refractivity contribution in [2.75, 3.05) is 13.7 Å². The van der Waals surface area contributed by atoms with Crippen molar-refractivity contribution >= 4 is 5.78 Å². The summed E-state index contributed by atoms with van der Waals surface area (Å²) in [7, 11) is 1.62. The van der Waals surface area contributed by atoms with Crippen molar-refractivity contribution in [3.63, 3.8) is 0 Å². The maximum atomic E-state index is 10.7. The summed E-state index contributed by atoms with van der Waals surface area (Å²) in [5.41, 5.74) is 0. The fourth-order valence-electron chi connectivity index (χ4n) is 0.724. The molecule has 0 aliphatic heterocycles. The first-order valence-corrected chi connectivity index (χ1v) is 4.21. The van der Waals surface area contributed by atoms with Gasteiger partial charge in [-0.25, -0.2) is 0 Å². The minimum Gasteiger partial charge on any atom is -0.384 e. The van der Waals surface area contributed by atoms with Crippen LogP contribution >= 0.6 is 0 Å². The molecule has 1 unspecified atom stereocenters. The third-order valence-corrected chi connectivity index (χ3v) is 1.44. The zero-order valence-corrected chi connectivity index (χ0v) is 8.31. The minimum atomic E-state index is 0.106. The van der Waals surface area contributed by atoms with E-state index in [1.54, 1.807) is 14.0 Å². The third-order valence-electron chi connectivity index (χ3n) is 1.44. The highest BCUT2D eigenvalue weighted by molar-refractivity contribution is 5.78. The molecule has 2 heteroatoms. The molecule has 0 rings (SSSR count). The topological polar surface area (TPSA) is 26.3 Å². The standard InChI is InChI=1S/C7H14O2.C2H6/c1-4-7(5-9-3)6(2)8;1-2/h7H,4-5H2,1-3H3;1-2H3. The van der Waals surface area contributed by atoms with E-state index in [-0.39, 0.29) is 11.7 Å². The summed E-state index contributed by atoms with van der Waals surface area (Å²) < 4.78 is 4.84. The number of methoxy groups -OCH3 is 1. The van der Waals surface area contributed by atoms with E-state index in [4.69, 9.17) is 4.74 Å². The van der Waals surface area contributed by atoms with Crippen molar-refractivity contribution in [3.05, 3.63) is 0 Å². The van der Waals surface area contributed by atoms with E-state index in [1.807, 2.05) is 20.8 Å². The number of ketones is 1. The van der Waals surface area contributed by atoms with Gasteiger partial charge in [0.05, 0.1) is 6.61 Å². The Morgan fingerprint density at radius 3 is 2.00 bits per heavy atom. The molecule has 0 fully saturated rings. The maximum absolute atomic E-state index is 10.7. The summed E-state index contributed by atoms with van der Waals surface area (Å²) in [5, 5.41) is 0. The Morgan fingerprint density at radius 1 is 1.45 bits per heavy atom. The third kappa shape index (κ3) is 7.53. The van der Waals surface area contributed by atoms with Crippen LogP contribution in [-0.4, -0.2) is 19.5 Å². The summed E-state index contributed by atoms with van der Waals surface area (Å²) in [6, 6.07) is 0. The van der Waals surface area contributed by atoms with Crippen LogP contribution in [0, 0.1) is 5.92 Å². The Labute approximate surface area is 69.9 Å². The van der Waals surface area contributed by atoms with Crippen molar-refractivity contribution < 1.29 is 9.53 Å². The molecule has 0 spiro atoms. The van der Waals surface area contributed by atoms with Gasteiger partial charge in [0, 0.05) is 13.0 Å². The first kappa shape index (κ1) is 13.2. The molecule has 0 saturated heterocycles. The van der Waals surface area contributed by atoms with Gasteiger partial charge in [-0.05, 0) is 13.3 Å². The summed E-state index contributed by atoms with van der Waals surface area (Å²) in [5.74, 6) is 0.328. The number of carbonyl (C=O) groups is 1. The van der Waals surface area contributed by atoms with Gasteiger partial charge in [0.25, 0.3) is 0 Å². The first-order valence-electron chi connectivity index (χ1n) is 4.21. The molecule has 0 radical (unpaired) electrons. The lowest BCUT2D eigenvalue weighted by Gasteiger charge is -2.07. The molecule has 0 aromatic heterocycles. The molecule has 0 saturated carbocycles. The van der Waals surface area contributed by atoms with Gasteiger partial charge in [0.1, 0.15) is 5.78 Å². The largest absolute Gasteiger partial charge is 0.384 e. The van der Waals surface area contributed by atoms with Crippen LogP contribution in [0.1, 0.15) is 34.1 Å². The zero-order chi connectivity index (χ0) is 9.28. The van der Waals surface area contributed by atoms with E-state index in [2.05, 4.69) is 0 Å². The Balaban J connectivity index is 0. The summed E-state index contributed by atoms with van der Waals surface area (Å²) in [4.78, 5) is 10.7. The maximum Gasteiger partial charge on any atom is 0.135 e. The lowest BCUT2D eigenvalue weighted by Crippen LogP contribution is -2.15. The summed E-state index contributed by atoms with van der Waals surface area (Å²) in [6.07, 6.45) is 0.878. The normalized spacial score (nSPS) is 11.4. The van der Waals surface area contributed by atoms with Crippen molar-refractivity contribution in [3.8, 4) is 0 Å². The van der Waals surface area contributed by atoms with E-state index >= 15 is 0 Å². The van der Waals surface area contributed by atoms with Crippen molar-refractivity contribution in [1.29, 1.82) is 0 Å². The Kier molecular flexibility index (Phi) is 11.6. The molecular formula is C9H20O2. The average Bonchev–Trinajstić information content (AvgIpc) is 2.03. The molecule has 0 heterocycles. The van der Waals surface area contributed by atoms with Gasteiger partial charge in [-0.2, -0.15) is 0 Å². The highest BCUT2D eigenvalue weighted by Crippen LogP contribution is 2.02. The number of ether oxygens (including phenoxy) is 1. The van der Waals surface area contributed by atoms with Gasteiger partial charge in [-0.15, -0.1) is 0 Å². The van der Waals surface area contributed by atoms with Crippen LogP contribution < -0.4 is 0 Å². The number of Topliss-reactive ketones (excluding diaryl/α,β-unsaturated/α-hetero) is 1. The average molecular weight is 160 g/mol. The van der Waals surface area contributed by atoms with E-state index < -0.39 is 0 Å². The quantitative estimate of drug-likeness (QED) is 0.630. The highest BCUT2D eigenvalue weighted by atomic mass is 16.5.